The molecule has 3 heterocycles. The van der Waals surface area contributed by atoms with Crippen LogP contribution in [-0.2, 0) is 20.7 Å². The topological polar surface area (TPSA) is 56.1 Å². The molecular weight excluding hydrogens is 410 g/mol. The lowest BCUT2D eigenvalue weighted by atomic mass is 9.93. The van der Waals surface area contributed by atoms with Crippen LogP contribution in [-0.4, -0.2) is 47.8 Å². The number of anilines is 1. The van der Waals surface area contributed by atoms with Gasteiger partial charge in [0.1, 0.15) is 11.5 Å². The Labute approximate surface area is 168 Å². The summed E-state index contributed by atoms with van der Waals surface area (Å²) in [6.45, 7) is 10.1. The third kappa shape index (κ3) is 4.19. The zero-order valence-electron chi connectivity index (χ0n) is 16.1. The molecule has 0 amide bonds. The zero-order chi connectivity index (χ0) is 19.6. The van der Waals surface area contributed by atoms with Gasteiger partial charge in [0, 0.05) is 35.0 Å². The first-order valence-corrected chi connectivity index (χ1v) is 9.90. The fourth-order valence-corrected chi connectivity index (χ4v) is 3.99. The summed E-state index contributed by atoms with van der Waals surface area (Å²) in [6, 6.07) is 1.99. The maximum Gasteiger partial charge on any atom is 0.310 e. The molecule has 1 aliphatic heterocycles. The molecule has 1 aliphatic rings. The summed E-state index contributed by atoms with van der Waals surface area (Å²) in [7, 11) is 1.42. The highest BCUT2D eigenvalue weighted by Crippen LogP contribution is 2.33. The zero-order valence-corrected chi connectivity index (χ0v) is 17.7. The highest BCUT2D eigenvalue weighted by Gasteiger charge is 2.33. The quantitative estimate of drug-likeness (QED) is 0.511. The molecule has 7 heteroatoms. The number of rotatable bonds is 6. The molecule has 0 atom stereocenters. The first-order chi connectivity index (χ1) is 12.9. The van der Waals surface area contributed by atoms with E-state index < -0.39 is 0 Å². The van der Waals surface area contributed by atoms with Gasteiger partial charge in [-0.3, -0.25) is 9.20 Å². The van der Waals surface area contributed by atoms with Crippen LogP contribution >= 0.6 is 15.9 Å². The number of aryl methyl sites for hydroxylation is 1. The molecule has 0 aliphatic carbocycles. The van der Waals surface area contributed by atoms with Crippen LogP contribution in [0.15, 0.2) is 29.4 Å². The molecule has 6 nitrogen and oxygen atoms in total. The molecule has 0 unspecified atom stereocenters. The van der Waals surface area contributed by atoms with E-state index in [9.17, 15) is 4.79 Å². The number of hydrogen-bond donors (Lipinski definition) is 0. The lowest BCUT2D eigenvalue weighted by molar-refractivity contribution is -0.139. The van der Waals surface area contributed by atoms with Crippen LogP contribution in [0.3, 0.4) is 0 Å². The lowest BCUT2D eigenvalue weighted by Gasteiger charge is -2.41. The van der Waals surface area contributed by atoms with Gasteiger partial charge in [0.25, 0.3) is 0 Å². The number of carbonyl (C=O) groups is 1. The van der Waals surface area contributed by atoms with Crippen LogP contribution in [0.2, 0.25) is 0 Å². The molecule has 0 saturated carbocycles. The number of methoxy groups -OCH3 is 1. The molecule has 1 saturated heterocycles. The van der Waals surface area contributed by atoms with Crippen LogP contribution in [0.1, 0.15) is 31.0 Å². The highest BCUT2D eigenvalue weighted by molar-refractivity contribution is 9.10. The molecule has 2 aromatic rings. The summed E-state index contributed by atoms with van der Waals surface area (Å²) in [6.07, 6.45) is 5.81. The van der Waals surface area contributed by atoms with E-state index in [1.54, 1.807) is 6.08 Å². The molecule has 0 aromatic carbocycles. The maximum atomic E-state index is 12.0. The van der Waals surface area contributed by atoms with E-state index in [0.29, 0.717) is 6.61 Å². The van der Waals surface area contributed by atoms with Crippen LogP contribution in [0.25, 0.3) is 5.65 Å². The SMILES string of the molecule is C=CCOC1(C)CCN(c2c(CC(=O)OC)c(C)nc3cc(Br)cn23)CC1. The number of hydrogen-bond acceptors (Lipinski definition) is 5. The van der Waals surface area contributed by atoms with Crippen molar-refractivity contribution in [3.63, 3.8) is 0 Å². The molecule has 2 aromatic heterocycles. The first kappa shape index (κ1) is 19.9. The molecular formula is C20H26BrN3O3. The number of fused-ring (bicyclic) bond motifs is 1. The van der Waals surface area contributed by atoms with Crippen molar-refractivity contribution in [2.24, 2.45) is 0 Å². The van der Waals surface area contributed by atoms with Gasteiger partial charge in [0.15, 0.2) is 0 Å². The van der Waals surface area contributed by atoms with Crippen LogP contribution in [0.4, 0.5) is 5.82 Å². The van der Waals surface area contributed by atoms with Gasteiger partial charge in [-0.1, -0.05) is 6.08 Å². The number of piperidine rings is 1. The van der Waals surface area contributed by atoms with Gasteiger partial charge < -0.3 is 14.4 Å². The Hall–Kier alpha value is -1.86. The van der Waals surface area contributed by atoms with Gasteiger partial charge >= 0.3 is 5.97 Å². The van der Waals surface area contributed by atoms with Gasteiger partial charge in [-0.25, -0.2) is 4.98 Å². The van der Waals surface area contributed by atoms with E-state index >= 15 is 0 Å². The summed E-state index contributed by atoms with van der Waals surface area (Å²) in [4.78, 5) is 19.0. The van der Waals surface area contributed by atoms with Gasteiger partial charge in [-0.05, 0) is 48.7 Å². The summed E-state index contributed by atoms with van der Waals surface area (Å²) in [5, 5.41) is 0. The second-order valence-electron chi connectivity index (χ2n) is 7.18. The van der Waals surface area contributed by atoms with Crippen LogP contribution in [0.5, 0.6) is 0 Å². The predicted molar refractivity (Wildman–Crippen MR) is 109 cm³/mol. The minimum absolute atomic E-state index is 0.147. The standard InChI is InChI=1S/C20H26BrN3O3/c1-5-10-27-20(3)6-8-23(9-7-20)19-16(12-18(25)26-4)14(2)22-17-11-15(21)13-24(17)19/h5,11,13H,1,6-10,12H2,2-4H3. The fourth-order valence-electron chi connectivity index (χ4n) is 3.58. The summed E-state index contributed by atoms with van der Waals surface area (Å²) in [5.74, 6) is 0.752. The number of esters is 1. The summed E-state index contributed by atoms with van der Waals surface area (Å²) < 4.78 is 13.9. The van der Waals surface area contributed by atoms with Crippen molar-refractivity contribution in [2.75, 3.05) is 31.7 Å². The summed E-state index contributed by atoms with van der Waals surface area (Å²) >= 11 is 3.54. The first-order valence-electron chi connectivity index (χ1n) is 9.10. The lowest BCUT2D eigenvalue weighted by Crippen LogP contribution is -2.45. The monoisotopic (exact) mass is 435 g/mol. The van der Waals surface area contributed by atoms with Crippen molar-refractivity contribution in [1.82, 2.24) is 9.38 Å². The minimum Gasteiger partial charge on any atom is -0.469 e. The molecule has 0 radical (unpaired) electrons. The van der Waals surface area contributed by atoms with E-state index in [1.165, 1.54) is 7.11 Å². The molecule has 1 fully saturated rings. The molecule has 0 N–H and O–H groups in total. The van der Waals surface area contributed by atoms with E-state index in [0.717, 1.165) is 53.1 Å². The van der Waals surface area contributed by atoms with Crippen molar-refractivity contribution >= 4 is 33.4 Å². The third-order valence-corrected chi connectivity index (χ3v) is 5.64. The second kappa shape index (κ2) is 8.02. The van der Waals surface area contributed by atoms with Crippen LogP contribution in [0, 0.1) is 6.92 Å². The molecule has 146 valence electrons. The molecule has 3 rings (SSSR count). The molecule has 0 bridgehead atoms. The number of halogens is 1. The summed E-state index contributed by atoms with van der Waals surface area (Å²) in [5.41, 5.74) is 2.48. The number of carbonyl (C=O) groups excluding carboxylic acids is 1. The van der Waals surface area contributed by atoms with Gasteiger partial charge in [-0.15, -0.1) is 6.58 Å². The predicted octanol–water partition coefficient (Wildman–Crippen LogP) is 3.68. The Morgan fingerprint density at radius 2 is 2.15 bits per heavy atom. The van der Waals surface area contributed by atoms with Gasteiger partial charge in [0.05, 0.1) is 25.7 Å². The van der Waals surface area contributed by atoms with E-state index in [2.05, 4.69) is 43.7 Å². The minimum atomic E-state index is -0.261. The maximum absolute atomic E-state index is 12.0. The van der Waals surface area contributed by atoms with Crippen molar-refractivity contribution in [3.05, 3.63) is 40.6 Å². The number of nitrogens with zero attached hydrogens (tertiary/aromatic N) is 3. The Balaban J connectivity index is 1.98. The molecule has 0 spiro atoms. The van der Waals surface area contributed by atoms with Gasteiger partial charge in [0.2, 0.25) is 0 Å². The fraction of sp³-hybridized carbons (Fsp3) is 0.500. The number of aromatic nitrogens is 2. The van der Waals surface area contributed by atoms with Gasteiger partial charge in [-0.2, -0.15) is 0 Å². The average Bonchev–Trinajstić information content (AvgIpc) is 3.01. The largest absolute Gasteiger partial charge is 0.469 e. The second-order valence-corrected chi connectivity index (χ2v) is 8.09. The van der Waals surface area contributed by atoms with Crippen molar-refractivity contribution < 1.29 is 14.3 Å². The Morgan fingerprint density at radius 1 is 1.44 bits per heavy atom. The number of ether oxygens (including phenoxy) is 2. The van der Waals surface area contributed by atoms with E-state index in [4.69, 9.17) is 9.47 Å². The van der Waals surface area contributed by atoms with Crippen molar-refractivity contribution in [2.45, 2.75) is 38.7 Å². The smallest absolute Gasteiger partial charge is 0.310 e. The Bertz CT molecular complexity index is 854. The van der Waals surface area contributed by atoms with Crippen LogP contribution < -0.4 is 4.90 Å². The highest BCUT2D eigenvalue weighted by atomic mass is 79.9. The molecule has 27 heavy (non-hydrogen) atoms. The third-order valence-electron chi connectivity index (χ3n) is 5.20. The van der Waals surface area contributed by atoms with E-state index in [1.807, 2.05) is 19.2 Å². The Morgan fingerprint density at radius 3 is 2.78 bits per heavy atom. The van der Waals surface area contributed by atoms with E-state index in [-0.39, 0.29) is 18.0 Å². The van der Waals surface area contributed by atoms with Crippen molar-refractivity contribution in [1.29, 1.82) is 0 Å². The normalized spacial score (nSPS) is 16.5. The average molecular weight is 436 g/mol. The van der Waals surface area contributed by atoms with Crippen molar-refractivity contribution in [3.8, 4) is 0 Å². The Kier molecular flexibility index (Phi) is 5.91.